The highest BCUT2D eigenvalue weighted by molar-refractivity contribution is 7.71. The number of imidazole rings is 1. The molecule has 4 heteroatoms. The lowest BCUT2D eigenvalue weighted by Crippen LogP contribution is -2.22. The second-order valence-electron chi connectivity index (χ2n) is 5.45. The first-order valence-corrected chi connectivity index (χ1v) is 7.18. The molecule has 3 nitrogen and oxygen atoms in total. The van der Waals surface area contributed by atoms with Gasteiger partial charge >= 0.3 is 0 Å². The Morgan fingerprint density at radius 1 is 1.44 bits per heavy atom. The summed E-state index contributed by atoms with van der Waals surface area (Å²) in [5.41, 5.74) is 2.49. The molecule has 1 saturated carbocycles. The molecule has 2 aromatic heterocycles. The molecule has 1 aliphatic carbocycles. The monoisotopic (exact) mass is 261 g/mol. The van der Waals surface area contributed by atoms with Crippen LogP contribution in [0.4, 0.5) is 0 Å². The molecular weight excluding hydrogens is 242 g/mol. The zero-order valence-corrected chi connectivity index (χ0v) is 11.6. The number of aromatic amines is 1. The summed E-state index contributed by atoms with van der Waals surface area (Å²) < 4.78 is 3.00. The molecule has 1 aliphatic rings. The predicted molar refractivity (Wildman–Crippen MR) is 76.1 cm³/mol. The second kappa shape index (κ2) is 4.50. The number of pyridine rings is 1. The van der Waals surface area contributed by atoms with Crippen molar-refractivity contribution < 1.29 is 0 Å². The third kappa shape index (κ3) is 1.88. The Labute approximate surface area is 112 Å². The van der Waals surface area contributed by atoms with E-state index in [9.17, 15) is 0 Å². The molecule has 96 valence electrons. The summed E-state index contributed by atoms with van der Waals surface area (Å²) in [5, 5.41) is 0. The highest BCUT2D eigenvalue weighted by Gasteiger charge is 2.33. The third-order valence-corrected chi connectivity index (χ3v) is 4.76. The predicted octanol–water partition coefficient (Wildman–Crippen LogP) is 4.06. The van der Waals surface area contributed by atoms with Gasteiger partial charge < -0.3 is 9.55 Å². The van der Waals surface area contributed by atoms with Crippen LogP contribution in [0, 0.1) is 10.2 Å². The van der Waals surface area contributed by atoms with Crippen LogP contribution in [0.3, 0.4) is 0 Å². The molecule has 0 amide bonds. The molecule has 0 radical (unpaired) electrons. The maximum absolute atomic E-state index is 5.45. The molecule has 1 N–H and O–H groups in total. The highest BCUT2D eigenvalue weighted by atomic mass is 32.1. The maximum atomic E-state index is 5.45. The van der Waals surface area contributed by atoms with E-state index in [1.165, 1.54) is 32.1 Å². The summed E-state index contributed by atoms with van der Waals surface area (Å²) >= 11 is 5.45. The molecule has 3 rings (SSSR count). The van der Waals surface area contributed by atoms with Gasteiger partial charge in [-0.05, 0) is 49.0 Å². The van der Waals surface area contributed by atoms with E-state index in [-0.39, 0.29) is 0 Å². The number of rotatable bonds is 3. The molecule has 0 saturated heterocycles. The minimum absolute atomic E-state index is 0.435. The van der Waals surface area contributed by atoms with E-state index >= 15 is 0 Å². The molecule has 2 aromatic rings. The first kappa shape index (κ1) is 11.9. The molecule has 0 spiro atoms. The SMILES string of the molecule is CCC1(Cn2c(=S)[nH]c3cccnc32)CCCC1. The number of nitrogens with one attached hydrogen (secondary N) is 1. The number of hydrogen-bond acceptors (Lipinski definition) is 2. The van der Waals surface area contributed by atoms with Crippen molar-refractivity contribution in [3.05, 3.63) is 23.1 Å². The van der Waals surface area contributed by atoms with Crippen LogP contribution in [0.15, 0.2) is 18.3 Å². The zero-order valence-electron chi connectivity index (χ0n) is 10.8. The molecule has 18 heavy (non-hydrogen) atoms. The van der Waals surface area contributed by atoms with E-state index in [4.69, 9.17) is 12.2 Å². The molecule has 0 unspecified atom stereocenters. The fourth-order valence-corrected chi connectivity index (χ4v) is 3.48. The Bertz CT molecular complexity index is 605. The van der Waals surface area contributed by atoms with Gasteiger partial charge in [0.25, 0.3) is 0 Å². The molecule has 0 aromatic carbocycles. The normalized spacial score (nSPS) is 18.5. The van der Waals surface area contributed by atoms with Crippen LogP contribution >= 0.6 is 12.2 Å². The lowest BCUT2D eigenvalue weighted by atomic mass is 9.83. The van der Waals surface area contributed by atoms with Crippen molar-refractivity contribution in [2.24, 2.45) is 5.41 Å². The molecular formula is C14H19N3S. The van der Waals surface area contributed by atoms with Crippen LogP contribution in [0.1, 0.15) is 39.0 Å². The van der Waals surface area contributed by atoms with Crippen LogP contribution in [0.2, 0.25) is 0 Å². The van der Waals surface area contributed by atoms with Crippen molar-refractivity contribution in [1.29, 1.82) is 0 Å². The molecule has 0 atom stereocenters. The largest absolute Gasteiger partial charge is 0.329 e. The average molecular weight is 261 g/mol. The Hall–Kier alpha value is -1.16. The molecule has 1 fully saturated rings. The topological polar surface area (TPSA) is 33.6 Å². The van der Waals surface area contributed by atoms with Gasteiger partial charge in [0, 0.05) is 12.7 Å². The molecule has 2 heterocycles. The average Bonchev–Trinajstić information content (AvgIpc) is 2.97. The van der Waals surface area contributed by atoms with Crippen molar-refractivity contribution in [1.82, 2.24) is 14.5 Å². The molecule has 0 aliphatic heterocycles. The van der Waals surface area contributed by atoms with Gasteiger partial charge in [0.15, 0.2) is 10.4 Å². The second-order valence-corrected chi connectivity index (χ2v) is 5.84. The van der Waals surface area contributed by atoms with Gasteiger partial charge in [-0.15, -0.1) is 0 Å². The Kier molecular flexibility index (Phi) is 2.98. The number of fused-ring (bicyclic) bond motifs is 1. The highest BCUT2D eigenvalue weighted by Crippen LogP contribution is 2.42. The number of H-pyrrole nitrogens is 1. The number of hydrogen-bond donors (Lipinski definition) is 1. The molecule has 0 bridgehead atoms. The Morgan fingerprint density at radius 2 is 2.22 bits per heavy atom. The zero-order chi connectivity index (χ0) is 12.6. The minimum atomic E-state index is 0.435. The quantitative estimate of drug-likeness (QED) is 0.845. The van der Waals surface area contributed by atoms with Crippen LogP contribution in [-0.4, -0.2) is 14.5 Å². The Balaban J connectivity index is 2.04. The van der Waals surface area contributed by atoms with Crippen molar-refractivity contribution in [3.8, 4) is 0 Å². The van der Waals surface area contributed by atoms with Crippen LogP contribution in [-0.2, 0) is 6.54 Å². The van der Waals surface area contributed by atoms with Gasteiger partial charge in [-0.2, -0.15) is 0 Å². The number of aromatic nitrogens is 3. The Morgan fingerprint density at radius 3 is 2.94 bits per heavy atom. The van der Waals surface area contributed by atoms with Gasteiger partial charge in [0.05, 0.1) is 5.52 Å². The fraction of sp³-hybridized carbons (Fsp3) is 0.571. The van der Waals surface area contributed by atoms with Crippen molar-refractivity contribution >= 4 is 23.4 Å². The summed E-state index contributed by atoms with van der Waals surface area (Å²) in [5.74, 6) is 0. The van der Waals surface area contributed by atoms with Gasteiger partial charge in [0.1, 0.15) is 0 Å². The minimum Gasteiger partial charge on any atom is -0.329 e. The van der Waals surface area contributed by atoms with E-state index in [0.29, 0.717) is 5.41 Å². The van der Waals surface area contributed by atoms with Gasteiger partial charge in [0.2, 0.25) is 0 Å². The third-order valence-electron chi connectivity index (χ3n) is 4.44. The van der Waals surface area contributed by atoms with E-state index < -0.39 is 0 Å². The smallest absolute Gasteiger partial charge is 0.179 e. The number of nitrogens with zero attached hydrogens (tertiary/aromatic N) is 2. The van der Waals surface area contributed by atoms with Crippen molar-refractivity contribution in [2.75, 3.05) is 0 Å². The van der Waals surface area contributed by atoms with E-state index in [1.807, 2.05) is 18.3 Å². The first-order valence-electron chi connectivity index (χ1n) is 6.78. The van der Waals surface area contributed by atoms with E-state index in [0.717, 1.165) is 22.5 Å². The van der Waals surface area contributed by atoms with Crippen LogP contribution < -0.4 is 0 Å². The summed E-state index contributed by atoms with van der Waals surface area (Å²) in [7, 11) is 0. The lowest BCUT2D eigenvalue weighted by molar-refractivity contribution is 0.239. The van der Waals surface area contributed by atoms with Crippen LogP contribution in [0.25, 0.3) is 11.2 Å². The van der Waals surface area contributed by atoms with Gasteiger partial charge in [-0.3, -0.25) is 0 Å². The van der Waals surface area contributed by atoms with Gasteiger partial charge in [-0.25, -0.2) is 4.98 Å². The van der Waals surface area contributed by atoms with Crippen LogP contribution in [0.5, 0.6) is 0 Å². The summed E-state index contributed by atoms with van der Waals surface area (Å²) in [6.45, 7) is 3.32. The fourth-order valence-electron chi connectivity index (χ4n) is 3.22. The van der Waals surface area contributed by atoms with E-state index in [2.05, 4.69) is 21.5 Å². The van der Waals surface area contributed by atoms with E-state index in [1.54, 1.807) is 0 Å². The summed E-state index contributed by atoms with van der Waals surface area (Å²) in [6, 6.07) is 3.99. The first-order chi connectivity index (χ1) is 8.74. The van der Waals surface area contributed by atoms with Crippen molar-refractivity contribution in [2.45, 2.75) is 45.6 Å². The summed E-state index contributed by atoms with van der Waals surface area (Å²) in [6.07, 6.45) is 8.44. The standard InChI is InChI=1S/C14H19N3S/c1-2-14(7-3-4-8-14)10-17-12-11(16-13(17)18)6-5-9-15-12/h5-6,9H,2-4,7-8,10H2,1H3,(H,16,18). The lowest BCUT2D eigenvalue weighted by Gasteiger charge is -2.27. The maximum Gasteiger partial charge on any atom is 0.179 e. The van der Waals surface area contributed by atoms with Crippen molar-refractivity contribution in [3.63, 3.8) is 0 Å². The van der Waals surface area contributed by atoms with Gasteiger partial charge in [-0.1, -0.05) is 19.8 Å². The summed E-state index contributed by atoms with van der Waals surface area (Å²) in [4.78, 5) is 7.73.